The van der Waals surface area contributed by atoms with Crippen LogP contribution in [0.15, 0.2) is 18.2 Å². The number of fused-ring (bicyclic) bond motifs is 5. The van der Waals surface area contributed by atoms with Crippen molar-refractivity contribution in [3.05, 3.63) is 29.3 Å². The maximum Gasteiger partial charge on any atom is 0.308 e. The highest BCUT2D eigenvalue weighted by Gasteiger charge is 2.55. The molecule has 3 aliphatic heterocycles. The van der Waals surface area contributed by atoms with E-state index in [2.05, 4.69) is 15.9 Å². The summed E-state index contributed by atoms with van der Waals surface area (Å²) < 4.78 is 5.53. The second-order valence-electron chi connectivity index (χ2n) is 7.19. The lowest BCUT2D eigenvalue weighted by atomic mass is 9.81. The van der Waals surface area contributed by atoms with Crippen LogP contribution in [0.5, 0.6) is 5.75 Å². The number of carboxylic acids is 1. The number of rotatable bonds is 3. The molecule has 0 saturated carbocycles. The topological polar surface area (TPSA) is 73.2 Å². The number of aliphatic hydroxyl groups excluding tert-OH is 1. The highest BCUT2D eigenvalue weighted by Crippen LogP contribution is 2.47. The zero-order valence-corrected chi connectivity index (χ0v) is 14.1. The Bertz CT molecular complexity index is 664. The van der Waals surface area contributed by atoms with Gasteiger partial charge in [0.15, 0.2) is 0 Å². The Morgan fingerprint density at radius 3 is 2.88 bits per heavy atom. The molecule has 0 radical (unpaired) electrons. The number of benzene rings is 1. The van der Waals surface area contributed by atoms with E-state index in [-0.39, 0.29) is 36.7 Å². The molecule has 24 heavy (non-hydrogen) atoms. The number of aliphatic hydroxyl groups is 1. The largest absolute Gasteiger partial charge is 0.496 e. The minimum Gasteiger partial charge on any atom is -0.496 e. The van der Waals surface area contributed by atoms with Crippen molar-refractivity contribution in [3.8, 4) is 5.75 Å². The minimum absolute atomic E-state index is 0.00495. The van der Waals surface area contributed by atoms with Crippen molar-refractivity contribution in [2.75, 3.05) is 27.3 Å². The van der Waals surface area contributed by atoms with Gasteiger partial charge in [0.1, 0.15) is 5.75 Å². The van der Waals surface area contributed by atoms with E-state index in [1.807, 2.05) is 19.2 Å². The number of aliphatic carboxylic acids is 1. The van der Waals surface area contributed by atoms with Crippen molar-refractivity contribution in [3.63, 3.8) is 0 Å². The molecule has 2 N–H and O–H groups in total. The van der Waals surface area contributed by atoms with E-state index in [1.165, 1.54) is 0 Å². The van der Waals surface area contributed by atoms with Crippen LogP contribution < -0.4 is 4.74 Å². The fourth-order valence-corrected chi connectivity index (χ4v) is 5.20. The molecule has 0 aromatic heterocycles. The molecule has 130 valence electrons. The van der Waals surface area contributed by atoms with Gasteiger partial charge in [-0.05, 0) is 31.5 Å². The Balaban J connectivity index is 1.79. The first-order valence-corrected chi connectivity index (χ1v) is 8.54. The first kappa shape index (κ1) is 15.9. The molecule has 3 heterocycles. The van der Waals surface area contributed by atoms with E-state index in [0.717, 1.165) is 29.8 Å². The Morgan fingerprint density at radius 2 is 2.21 bits per heavy atom. The number of hydrogen-bond acceptors (Lipinski definition) is 5. The SMILES string of the molecule is COc1cccc2c1[C@@H](CO)N1C[C@H]3C[C@H](C(=O)O)[C@@H]([C@H]1C2)N3C. The predicted molar refractivity (Wildman–Crippen MR) is 88.1 cm³/mol. The molecule has 0 amide bonds. The zero-order valence-electron chi connectivity index (χ0n) is 14.1. The Hall–Kier alpha value is -1.63. The molecule has 0 unspecified atom stereocenters. The van der Waals surface area contributed by atoms with Crippen molar-refractivity contribution in [1.82, 2.24) is 9.80 Å². The van der Waals surface area contributed by atoms with Crippen LogP contribution in [0.25, 0.3) is 0 Å². The Morgan fingerprint density at radius 1 is 1.42 bits per heavy atom. The zero-order chi connectivity index (χ0) is 17.0. The lowest BCUT2D eigenvalue weighted by Crippen LogP contribution is -2.63. The fraction of sp³-hybridized carbons (Fsp3) is 0.611. The molecule has 2 saturated heterocycles. The van der Waals surface area contributed by atoms with Crippen molar-refractivity contribution >= 4 is 5.97 Å². The smallest absolute Gasteiger partial charge is 0.308 e. The number of carboxylic acid groups (broad SMARTS) is 1. The van der Waals surface area contributed by atoms with Gasteiger partial charge in [-0.15, -0.1) is 0 Å². The van der Waals surface area contributed by atoms with Crippen LogP contribution in [0.3, 0.4) is 0 Å². The summed E-state index contributed by atoms with van der Waals surface area (Å²) in [6, 6.07) is 6.21. The summed E-state index contributed by atoms with van der Waals surface area (Å²) in [5.41, 5.74) is 2.23. The lowest BCUT2D eigenvalue weighted by molar-refractivity contribution is -0.143. The molecular weight excluding hydrogens is 308 g/mol. The molecule has 2 fully saturated rings. The third kappa shape index (κ3) is 2.10. The van der Waals surface area contributed by atoms with E-state index in [9.17, 15) is 15.0 Å². The maximum absolute atomic E-state index is 11.7. The summed E-state index contributed by atoms with van der Waals surface area (Å²) in [4.78, 5) is 16.3. The van der Waals surface area contributed by atoms with Crippen molar-refractivity contribution in [1.29, 1.82) is 0 Å². The standard InChI is InChI=1S/C18H24N2O4/c1-19-11-7-12(18(22)23)17(19)13-6-10-4-3-5-15(24-2)16(10)14(9-21)20(13)8-11/h3-5,11-14,17,21H,6-9H2,1-2H3,(H,22,23)/t11-,12+,13-,14-,17+/m1/s1. The summed E-state index contributed by atoms with van der Waals surface area (Å²) in [7, 11) is 3.70. The van der Waals surface area contributed by atoms with Gasteiger partial charge in [-0.1, -0.05) is 12.1 Å². The van der Waals surface area contributed by atoms with E-state index in [0.29, 0.717) is 6.42 Å². The Labute approximate surface area is 141 Å². The highest BCUT2D eigenvalue weighted by atomic mass is 16.5. The van der Waals surface area contributed by atoms with E-state index < -0.39 is 5.97 Å². The van der Waals surface area contributed by atoms with Gasteiger partial charge in [0, 0.05) is 30.2 Å². The molecule has 1 aromatic rings. The van der Waals surface area contributed by atoms with Crippen molar-refractivity contribution in [2.45, 2.75) is 37.0 Å². The van der Waals surface area contributed by atoms with Crippen LogP contribution in [0.2, 0.25) is 0 Å². The number of piperazine rings is 1. The van der Waals surface area contributed by atoms with Crippen LogP contribution in [0.4, 0.5) is 0 Å². The number of carbonyl (C=O) groups is 1. The van der Waals surface area contributed by atoms with Crippen LogP contribution in [-0.2, 0) is 11.2 Å². The molecule has 4 rings (SSSR count). The fourth-order valence-electron chi connectivity index (χ4n) is 5.20. The van der Waals surface area contributed by atoms with E-state index >= 15 is 0 Å². The average molecular weight is 332 g/mol. The van der Waals surface area contributed by atoms with Gasteiger partial charge >= 0.3 is 5.97 Å². The molecule has 3 aliphatic rings. The first-order valence-electron chi connectivity index (χ1n) is 8.54. The van der Waals surface area contributed by atoms with Gasteiger partial charge in [-0.3, -0.25) is 14.6 Å². The average Bonchev–Trinajstić information content (AvgIpc) is 2.79. The molecule has 6 heteroatoms. The second kappa shape index (κ2) is 5.72. The summed E-state index contributed by atoms with van der Waals surface area (Å²) in [6.07, 6.45) is 1.49. The second-order valence-corrected chi connectivity index (χ2v) is 7.19. The van der Waals surface area contributed by atoms with E-state index in [4.69, 9.17) is 4.74 Å². The van der Waals surface area contributed by atoms with Crippen LogP contribution in [-0.4, -0.2) is 71.4 Å². The number of ether oxygens (including phenoxy) is 1. The summed E-state index contributed by atoms with van der Waals surface area (Å²) >= 11 is 0. The third-order valence-corrected chi connectivity index (χ3v) is 6.26. The van der Waals surface area contributed by atoms with Crippen LogP contribution in [0, 0.1) is 5.92 Å². The van der Waals surface area contributed by atoms with Crippen molar-refractivity contribution < 1.29 is 19.7 Å². The Kier molecular flexibility index (Phi) is 3.78. The van der Waals surface area contributed by atoms with Crippen LogP contribution in [0.1, 0.15) is 23.6 Å². The summed E-state index contributed by atoms with van der Waals surface area (Å²) in [5.74, 6) is -0.222. The van der Waals surface area contributed by atoms with Gasteiger partial charge in [-0.25, -0.2) is 0 Å². The molecular formula is C18H24N2O4. The molecule has 2 bridgehead atoms. The predicted octanol–water partition coefficient (Wildman–Crippen LogP) is 0.742. The number of likely N-dealkylation sites (N-methyl/N-ethyl adjacent to an activating group) is 1. The van der Waals surface area contributed by atoms with Crippen molar-refractivity contribution in [2.24, 2.45) is 5.92 Å². The van der Waals surface area contributed by atoms with Gasteiger partial charge < -0.3 is 14.9 Å². The molecule has 1 aromatic carbocycles. The number of hydrogen-bond donors (Lipinski definition) is 2. The minimum atomic E-state index is -0.701. The monoisotopic (exact) mass is 332 g/mol. The normalized spacial score (nSPS) is 35.4. The van der Waals surface area contributed by atoms with Gasteiger partial charge in [0.05, 0.1) is 25.7 Å². The number of nitrogens with zero attached hydrogens (tertiary/aromatic N) is 2. The molecule has 0 spiro atoms. The first-order chi connectivity index (χ1) is 11.6. The summed E-state index contributed by atoms with van der Waals surface area (Å²) in [5, 5.41) is 19.8. The lowest BCUT2D eigenvalue weighted by Gasteiger charge is -2.52. The molecule has 5 atom stereocenters. The quantitative estimate of drug-likeness (QED) is 0.851. The van der Waals surface area contributed by atoms with E-state index in [1.54, 1.807) is 7.11 Å². The summed E-state index contributed by atoms with van der Waals surface area (Å²) in [6.45, 7) is 0.814. The highest BCUT2D eigenvalue weighted by molar-refractivity contribution is 5.72. The molecule has 6 nitrogen and oxygen atoms in total. The maximum atomic E-state index is 11.7. The van der Waals surface area contributed by atoms with Crippen LogP contribution >= 0.6 is 0 Å². The molecule has 0 aliphatic carbocycles. The number of methoxy groups -OCH3 is 1. The van der Waals surface area contributed by atoms with Gasteiger partial charge in [-0.2, -0.15) is 0 Å². The van der Waals surface area contributed by atoms with Gasteiger partial charge in [0.25, 0.3) is 0 Å². The van der Waals surface area contributed by atoms with Gasteiger partial charge in [0.2, 0.25) is 0 Å². The third-order valence-electron chi connectivity index (χ3n) is 6.26.